The molecule has 3 heteroatoms. The molecule has 2 nitrogen and oxygen atoms in total. The van der Waals surface area contributed by atoms with Gasteiger partial charge in [0, 0.05) is 9.79 Å². The highest BCUT2D eigenvalue weighted by atomic mass is 32.2. The standard InChI is InChI=1S/C17H18O2S/c1-11(2)13-7-9-14(10-8-13)20-16-12(3)5-4-6-15(16)17(18)19/h4-11H,1-3H3,(H,18,19). The molecule has 104 valence electrons. The molecule has 0 radical (unpaired) electrons. The highest BCUT2D eigenvalue weighted by Crippen LogP contribution is 2.33. The smallest absolute Gasteiger partial charge is 0.336 e. The van der Waals surface area contributed by atoms with Crippen LogP contribution in [0, 0.1) is 6.92 Å². The third kappa shape index (κ3) is 3.23. The van der Waals surface area contributed by atoms with Gasteiger partial charge in [-0.15, -0.1) is 0 Å². The first-order chi connectivity index (χ1) is 9.49. The molecule has 1 N–H and O–H groups in total. The summed E-state index contributed by atoms with van der Waals surface area (Å²) >= 11 is 1.51. The van der Waals surface area contributed by atoms with Gasteiger partial charge in [-0.2, -0.15) is 0 Å². The fraction of sp³-hybridized carbons (Fsp3) is 0.235. The van der Waals surface area contributed by atoms with Gasteiger partial charge in [-0.05, 0) is 42.2 Å². The molecule has 2 aromatic rings. The predicted octanol–water partition coefficient (Wildman–Crippen LogP) is 4.97. The van der Waals surface area contributed by atoms with Crippen LogP contribution in [0.15, 0.2) is 52.3 Å². The van der Waals surface area contributed by atoms with Crippen molar-refractivity contribution >= 4 is 17.7 Å². The molecule has 0 fully saturated rings. The van der Waals surface area contributed by atoms with Crippen molar-refractivity contribution in [1.82, 2.24) is 0 Å². The summed E-state index contributed by atoms with van der Waals surface area (Å²) < 4.78 is 0. The summed E-state index contributed by atoms with van der Waals surface area (Å²) in [5.41, 5.74) is 2.64. The quantitative estimate of drug-likeness (QED) is 0.862. The van der Waals surface area contributed by atoms with Crippen LogP contribution >= 0.6 is 11.8 Å². The van der Waals surface area contributed by atoms with Gasteiger partial charge in [-0.1, -0.05) is 49.9 Å². The topological polar surface area (TPSA) is 37.3 Å². The lowest BCUT2D eigenvalue weighted by Crippen LogP contribution is -2.00. The summed E-state index contributed by atoms with van der Waals surface area (Å²) in [6, 6.07) is 13.7. The maximum atomic E-state index is 11.3. The van der Waals surface area contributed by atoms with Crippen molar-refractivity contribution < 1.29 is 9.90 Å². The fourth-order valence-electron chi connectivity index (χ4n) is 1.99. The van der Waals surface area contributed by atoms with E-state index in [4.69, 9.17) is 0 Å². The third-order valence-corrected chi connectivity index (χ3v) is 4.46. The lowest BCUT2D eigenvalue weighted by Gasteiger charge is -2.10. The maximum absolute atomic E-state index is 11.3. The van der Waals surface area contributed by atoms with Crippen LogP contribution < -0.4 is 0 Å². The summed E-state index contributed by atoms with van der Waals surface area (Å²) in [4.78, 5) is 13.2. The monoisotopic (exact) mass is 286 g/mol. The number of carboxylic acid groups (broad SMARTS) is 1. The third-order valence-electron chi connectivity index (χ3n) is 3.21. The maximum Gasteiger partial charge on any atom is 0.336 e. The van der Waals surface area contributed by atoms with Gasteiger partial charge in [0.05, 0.1) is 5.56 Å². The van der Waals surface area contributed by atoms with E-state index in [1.807, 2.05) is 13.0 Å². The van der Waals surface area contributed by atoms with E-state index in [0.717, 1.165) is 15.4 Å². The van der Waals surface area contributed by atoms with Crippen molar-refractivity contribution in [1.29, 1.82) is 0 Å². The van der Waals surface area contributed by atoms with Gasteiger partial charge < -0.3 is 5.11 Å². The molecule has 0 bridgehead atoms. The van der Waals surface area contributed by atoms with Crippen LogP contribution in [0.4, 0.5) is 0 Å². The van der Waals surface area contributed by atoms with Crippen LogP contribution in [0.2, 0.25) is 0 Å². The molecule has 0 aliphatic heterocycles. The Bertz CT molecular complexity index is 615. The Morgan fingerprint density at radius 2 is 1.75 bits per heavy atom. The van der Waals surface area contributed by atoms with Crippen molar-refractivity contribution in [3.05, 3.63) is 59.2 Å². The Kier molecular flexibility index (Phi) is 4.50. The minimum atomic E-state index is -0.880. The average Bonchev–Trinajstić information content (AvgIpc) is 2.41. The fourth-order valence-corrected chi connectivity index (χ4v) is 3.00. The zero-order chi connectivity index (χ0) is 14.7. The SMILES string of the molecule is Cc1cccc(C(=O)O)c1Sc1ccc(C(C)C)cc1. The molecule has 0 unspecified atom stereocenters. The second-order valence-electron chi connectivity index (χ2n) is 5.08. The summed E-state index contributed by atoms with van der Waals surface area (Å²) in [6.07, 6.45) is 0. The summed E-state index contributed by atoms with van der Waals surface area (Å²) in [6.45, 7) is 6.26. The molecule has 2 rings (SSSR count). The van der Waals surface area contributed by atoms with Crippen molar-refractivity contribution in [3.8, 4) is 0 Å². The van der Waals surface area contributed by atoms with Crippen molar-refractivity contribution in [2.75, 3.05) is 0 Å². The Morgan fingerprint density at radius 1 is 1.10 bits per heavy atom. The lowest BCUT2D eigenvalue weighted by atomic mass is 10.0. The first-order valence-corrected chi connectivity index (χ1v) is 7.41. The molecule has 0 aliphatic rings. The van der Waals surface area contributed by atoms with Gasteiger partial charge in [0.1, 0.15) is 0 Å². The number of carbonyl (C=O) groups is 1. The number of aromatic carboxylic acids is 1. The van der Waals surface area contributed by atoms with Crippen molar-refractivity contribution in [3.63, 3.8) is 0 Å². The summed E-state index contributed by atoms with van der Waals surface area (Å²) in [5, 5.41) is 9.27. The predicted molar refractivity (Wildman–Crippen MR) is 82.8 cm³/mol. The number of rotatable bonds is 4. The lowest BCUT2D eigenvalue weighted by molar-refractivity contribution is 0.0693. The first kappa shape index (κ1) is 14.7. The zero-order valence-corrected chi connectivity index (χ0v) is 12.7. The highest BCUT2D eigenvalue weighted by Gasteiger charge is 2.13. The van der Waals surface area contributed by atoms with E-state index in [1.165, 1.54) is 17.3 Å². The first-order valence-electron chi connectivity index (χ1n) is 6.59. The van der Waals surface area contributed by atoms with Gasteiger partial charge in [0.15, 0.2) is 0 Å². The molecular formula is C17H18O2S. The van der Waals surface area contributed by atoms with Crippen LogP contribution in [0.1, 0.15) is 41.3 Å². The number of aryl methyl sites for hydroxylation is 1. The van der Waals surface area contributed by atoms with E-state index in [2.05, 4.69) is 38.1 Å². The minimum Gasteiger partial charge on any atom is -0.478 e. The molecule has 0 heterocycles. The molecule has 0 aromatic heterocycles. The van der Waals surface area contributed by atoms with Crippen molar-refractivity contribution in [2.24, 2.45) is 0 Å². The molecule has 0 saturated heterocycles. The summed E-state index contributed by atoms with van der Waals surface area (Å²) in [7, 11) is 0. The molecular weight excluding hydrogens is 268 g/mol. The molecule has 0 amide bonds. The molecule has 2 aromatic carbocycles. The molecule has 0 atom stereocenters. The normalized spacial score (nSPS) is 10.8. The number of benzene rings is 2. The van der Waals surface area contributed by atoms with Crippen LogP contribution in [0.5, 0.6) is 0 Å². The van der Waals surface area contributed by atoms with E-state index in [1.54, 1.807) is 12.1 Å². The highest BCUT2D eigenvalue weighted by molar-refractivity contribution is 7.99. The van der Waals surface area contributed by atoms with Crippen LogP contribution in [0.3, 0.4) is 0 Å². The van der Waals surface area contributed by atoms with E-state index in [9.17, 15) is 9.90 Å². The Hall–Kier alpha value is -1.74. The van der Waals surface area contributed by atoms with Gasteiger partial charge in [0.2, 0.25) is 0 Å². The van der Waals surface area contributed by atoms with E-state index in [-0.39, 0.29) is 0 Å². The van der Waals surface area contributed by atoms with E-state index >= 15 is 0 Å². The molecule has 0 spiro atoms. The van der Waals surface area contributed by atoms with E-state index < -0.39 is 5.97 Å². The largest absolute Gasteiger partial charge is 0.478 e. The zero-order valence-electron chi connectivity index (χ0n) is 11.9. The molecule has 20 heavy (non-hydrogen) atoms. The Morgan fingerprint density at radius 3 is 2.30 bits per heavy atom. The average molecular weight is 286 g/mol. The summed E-state index contributed by atoms with van der Waals surface area (Å²) in [5.74, 6) is -0.378. The van der Waals surface area contributed by atoms with Crippen LogP contribution in [0.25, 0.3) is 0 Å². The molecule has 0 aliphatic carbocycles. The van der Waals surface area contributed by atoms with Gasteiger partial charge >= 0.3 is 5.97 Å². The van der Waals surface area contributed by atoms with E-state index in [0.29, 0.717) is 11.5 Å². The van der Waals surface area contributed by atoms with Crippen LogP contribution in [-0.4, -0.2) is 11.1 Å². The minimum absolute atomic E-state index is 0.364. The van der Waals surface area contributed by atoms with Crippen LogP contribution in [-0.2, 0) is 0 Å². The van der Waals surface area contributed by atoms with Gasteiger partial charge in [-0.3, -0.25) is 0 Å². The van der Waals surface area contributed by atoms with Gasteiger partial charge in [0.25, 0.3) is 0 Å². The second-order valence-corrected chi connectivity index (χ2v) is 6.17. The van der Waals surface area contributed by atoms with Gasteiger partial charge in [-0.25, -0.2) is 4.79 Å². The van der Waals surface area contributed by atoms with Crippen molar-refractivity contribution in [2.45, 2.75) is 36.5 Å². The molecule has 0 saturated carbocycles. The Labute approximate surface area is 123 Å². The number of hydrogen-bond donors (Lipinski definition) is 1. The Balaban J connectivity index is 2.32. The number of hydrogen-bond acceptors (Lipinski definition) is 2. The second kappa shape index (κ2) is 6.14. The number of carboxylic acids is 1.